The van der Waals surface area contributed by atoms with Gasteiger partial charge in [-0.15, -0.1) is 0 Å². The first kappa shape index (κ1) is 24.6. The third-order valence-electron chi connectivity index (χ3n) is 6.42. The second-order valence-electron chi connectivity index (χ2n) is 9.28. The lowest BCUT2D eigenvalue weighted by Gasteiger charge is -2.13. The Morgan fingerprint density at radius 2 is 1.59 bits per heavy atom. The lowest BCUT2D eigenvalue weighted by atomic mass is 10.1. The summed E-state index contributed by atoms with van der Waals surface area (Å²) in [5.74, 6) is -0.867. The summed E-state index contributed by atoms with van der Waals surface area (Å²) in [6.07, 6.45) is 1.78. The Kier molecular flexibility index (Phi) is 6.72. The van der Waals surface area contributed by atoms with Crippen molar-refractivity contribution in [3.05, 3.63) is 106 Å². The van der Waals surface area contributed by atoms with Gasteiger partial charge in [-0.2, -0.15) is 0 Å². The number of thioether (sulfide) groups is 1. The lowest BCUT2D eigenvalue weighted by Crippen LogP contribution is -2.36. The van der Waals surface area contributed by atoms with Gasteiger partial charge in [0, 0.05) is 34.4 Å². The minimum Gasteiger partial charge on any atom is -0.340 e. The van der Waals surface area contributed by atoms with Crippen molar-refractivity contribution in [2.45, 2.75) is 27.3 Å². The van der Waals surface area contributed by atoms with Gasteiger partial charge in [-0.05, 0) is 73.5 Å². The Morgan fingerprint density at radius 3 is 2.32 bits per heavy atom. The van der Waals surface area contributed by atoms with Gasteiger partial charge >= 0.3 is 0 Å². The molecule has 0 radical (unpaired) electrons. The second-order valence-corrected chi connectivity index (χ2v) is 10.3. The number of anilines is 1. The van der Waals surface area contributed by atoms with Crippen LogP contribution in [0.1, 0.15) is 27.9 Å². The Hall–Kier alpha value is -4.10. The molecule has 0 bridgehead atoms. The maximum Gasteiger partial charge on any atom is 0.294 e. The van der Waals surface area contributed by atoms with Crippen molar-refractivity contribution < 1.29 is 14.4 Å². The Balaban J connectivity index is 1.40. The standard InChI is InChI=1S/C30H27N3O3S/c1-19-13-20(2)15-23(14-19)31-28(34)18-33-29(35)27(37-30(33)36)16-25-21(3)32(17-22-9-5-4-6-10-22)26-12-8-7-11-24(25)26/h4-16H,17-18H2,1-3H3,(H,31,34)/b27-16-. The van der Waals surface area contributed by atoms with Crippen molar-refractivity contribution in [3.8, 4) is 0 Å². The fraction of sp³-hybridized carbons (Fsp3) is 0.167. The molecule has 2 heterocycles. The van der Waals surface area contributed by atoms with Crippen molar-refractivity contribution in [3.63, 3.8) is 0 Å². The van der Waals surface area contributed by atoms with E-state index in [9.17, 15) is 14.4 Å². The van der Waals surface area contributed by atoms with Crippen molar-refractivity contribution in [1.29, 1.82) is 0 Å². The van der Waals surface area contributed by atoms with Crippen LogP contribution in [0, 0.1) is 20.8 Å². The van der Waals surface area contributed by atoms with E-state index in [4.69, 9.17) is 0 Å². The minimum atomic E-state index is -0.454. The van der Waals surface area contributed by atoms with Crippen LogP contribution in [0.3, 0.4) is 0 Å². The summed E-state index contributed by atoms with van der Waals surface area (Å²) in [5, 5.41) is 3.36. The van der Waals surface area contributed by atoms with E-state index < -0.39 is 17.1 Å². The second kappa shape index (κ2) is 10.1. The zero-order chi connectivity index (χ0) is 26.1. The zero-order valence-corrected chi connectivity index (χ0v) is 21.8. The van der Waals surface area contributed by atoms with Crippen LogP contribution >= 0.6 is 11.8 Å². The molecule has 0 unspecified atom stereocenters. The Morgan fingerprint density at radius 1 is 0.919 bits per heavy atom. The number of aryl methyl sites for hydroxylation is 2. The number of imide groups is 1. The number of aromatic nitrogens is 1. The molecule has 1 aliphatic heterocycles. The van der Waals surface area contributed by atoms with Crippen molar-refractivity contribution >= 4 is 51.5 Å². The van der Waals surface area contributed by atoms with E-state index in [-0.39, 0.29) is 6.54 Å². The fourth-order valence-electron chi connectivity index (χ4n) is 4.77. The summed E-state index contributed by atoms with van der Waals surface area (Å²) in [7, 11) is 0. The molecule has 0 atom stereocenters. The van der Waals surface area contributed by atoms with Crippen LogP contribution in [-0.4, -0.2) is 33.1 Å². The number of nitrogens with zero attached hydrogens (tertiary/aromatic N) is 2. The van der Waals surface area contributed by atoms with E-state index >= 15 is 0 Å². The number of carbonyl (C=O) groups excluding carboxylic acids is 3. The average Bonchev–Trinajstić information content (AvgIpc) is 3.27. The maximum absolute atomic E-state index is 13.2. The highest BCUT2D eigenvalue weighted by molar-refractivity contribution is 8.18. The number of amides is 3. The summed E-state index contributed by atoms with van der Waals surface area (Å²) in [4.78, 5) is 39.9. The van der Waals surface area contributed by atoms with Gasteiger partial charge in [0.2, 0.25) is 5.91 Å². The molecule has 7 heteroatoms. The van der Waals surface area contributed by atoms with Crippen LogP contribution < -0.4 is 5.32 Å². The van der Waals surface area contributed by atoms with Gasteiger partial charge < -0.3 is 9.88 Å². The number of hydrogen-bond donors (Lipinski definition) is 1. The summed E-state index contributed by atoms with van der Waals surface area (Å²) < 4.78 is 2.22. The number of rotatable bonds is 6. The molecule has 5 rings (SSSR count). The van der Waals surface area contributed by atoms with Crippen molar-refractivity contribution in [2.24, 2.45) is 0 Å². The number of hydrogen-bond acceptors (Lipinski definition) is 4. The molecule has 37 heavy (non-hydrogen) atoms. The van der Waals surface area contributed by atoms with E-state index in [1.807, 2.05) is 75.4 Å². The molecule has 0 aliphatic carbocycles. The van der Waals surface area contributed by atoms with E-state index in [1.165, 1.54) is 5.56 Å². The third-order valence-corrected chi connectivity index (χ3v) is 7.33. The molecule has 186 valence electrons. The number of carbonyl (C=O) groups is 3. The molecular weight excluding hydrogens is 482 g/mol. The third kappa shape index (κ3) is 5.08. The average molecular weight is 510 g/mol. The van der Waals surface area contributed by atoms with Crippen LogP contribution in [0.15, 0.2) is 77.7 Å². The summed E-state index contributed by atoms with van der Waals surface area (Å²) >= 11 is 0.870. The Bertz CT molecular complexity index is 1550. The van der Waals surface area contributed by atoms with Gasteiger partial charge in [0.25, 0.3) is 11.1 Å². The first-order valence-electron chi connectivity index (χ1n) is 12.1. The van der Waals surface area contributed by atoms with Gasteiger partial charge in [0.05, 0.1) is 4.91 Å². The van der Waals surface area contributed by atoms with E-state index in [2.05, 4.69) is 28.1 Å². The molecule has 1 fully saturated rings. The lowest BCUT2D eigenvalue weighted by molar-refractivity contribution is -0.127. The molecule has 1 saturated heterocycles. The predicted molar refractivity (Wildman–Crippen MR) is 149 cm³/mol. The first-order chi connectivity index (χ1) is 17.8. The van der Waals surface area contributed by atoms with E-state index in [1.54, 1.807) is 6.08 Å². The molecule has 6 nitrogen and oxygen atoms in total. The highest BCUT2D eigenvalue weighted by Crippen LogP contribution is 2.35. The normalized spacial score (nSPS) is 14.7. The molecule has 3 aromatic carbocycles. The predicted octanol–water partition coefficient (Wildman–Crippen LogP) is 6.29. The number of fused-ring (bicyclic) bond motifs is 1. The van der Waals surface area contributed by atoms with Crippen LogP contribution in [0.25, 0.3) is 17.0 Å². The largest absolute Gasteiger partial charge is 0.340 e. The summed E-state index contributed by atoms with van der Waals surface area (Å²) in [5.41, 5.74) is 6.82. The molecule has 4 aromatic rings. The van der Waals surface area contributed by atoms with Crippen molar-refractivity contribution in [2.75, 3.05) is 11.9 Å². The summed E-state index contributed by atoms with van der Waals surface area (Å²) in [6, 6.07) is 24.0. The SMILES string of the molecule is Cc1cc(C)cc(NC(=O)CN2C(=O)S/C(=C\c3c(C)n(Cc4ccccc4)c4ccccc34)C2=O)c1. The monoisotopic (exact) mass is 509 g/mol. The van der Waals surface area contributed by atoms with Crippen LogP contribution in [0.5, 0.6) is 0 Å². The van der Waals surface area contributed by atoms with Gasteiger partial charge in [0.15, 0.2) is 0 Å². The first-order valence-corrected chi connectivity index (χ1v) is 12.9. The van der Waals surface area contributed by atoms with Crippen LogP contribution in [0.2, 0.25) is 0 Å². The van der Waals surface area contributed by atoms with Gasteiger partial charge in [-0.25, -0.2) is 0 Å². The molecule has 1 aliphatic rings. The molecular formula is C30H27N3O3S. The fourth-order valence-corrected chi connectivity index (χ4v) is 5.59. The summed E-state index contributed by atoms with van der Waals surface area (Å²) in [6.45, 7) is 6.28. The van der Waals surface area contributed by atoms with Crippen LogP contribution in [-0.2, 0) is 16.1 Å². The highest BCUT2D eigenvalue weighted by Gasteiger charge is 2.36. The molecule has 1 aromatic heterocycles. The van der Waals surface area contributed by atoms with Gasteiger partial charge in [-0.1, -0.05) is 54.6 Å². The van der Waals surface area contributed by atoms with E-state index in [0.717, 1.165) is 49.9 Å². The number of benzene rings is 3. The highest BCUT2D eigenvalue weighted by atomic mass is 32.2. The van der Waals surface area contributed by atoms with Crippen LogP contribution in [0.4, 0.5) is 10.5 Å². The minimum absolute atomic E-state index is 0.315. The van der Waals surface area contributed by atoms with Crippen molar-refractivity contribution in [1.82, 2.24) is 9.47 Å². The topological polar surface area (TPSA) is 71.4 Å². The molecule has 3 amide bonds. The van der Waals surface area contributed by atoms with E-state index in [0.29, 0.717) is 17.1 Å². The quantitative estimate of drug-likeness (QED) is 0.310. The smallest absolute Gasteiger partial charge is 0.294 e. The molecule has 1 N–H and O–H groups in total. The maximum atomic E-state index is 13.2. The van der Waals surface area contributed by atoms with Gasteiger partial charge in [0.1, 0.15) is 6.54 Å². The Labute approximate surface area is 220 Å². The molecule has 0 spiro atoms. The number of para-hydroxylation sites is 1. The number of nitrogens with one attached hydrogen (secondary N) is 1. The molecule has 0 saturated carbocycles. The van der Waals surface area contributed by atoms with Gasteiger partial charge in [-0.3, -0.25) is 19.3 Å². The zero-order valence-electron chi connectivity index (χ0n) is 20.9.